The van der Waals surface area contributed by atoms with E-state index in [0.717, 1.165) is 46.3 Å². The number of methoxy groups -OCH3 is 4. The predicted octanol–water partition coefficient (Wildman–Crippen LogP) is 5.80. The van der Waals surface area contributed by atoms with Crippen LogP contribution in [0.3, 0.4) is 0 Å². The van der Waals surface area contributed by atoms with Gasteiger partial charge in [-0.05, 0) is 35.4 Å². The van der Waals surface area contributed by atoms with Gasteiger partial charge in [-0.25, -0.2) is 0 Å². The van der Waals surface area contributed by atoms with E-state index in [4.69, 9.17) is 23.7 Å². The van der Waals surface area contributed by atoms with Gasteiger partial charge in [-0.1, -0.05) is 42.5 Å². The van der Waals surface area contributed by atoms with Crippen molar-refractivity contribution in [3.8, 4) is 28.7 Å². The van der Waals surface area contributed by atoms with Crippen LogP contribution in [0, 0.1) is 0 Å². The summed E-state index contributed by atoms with van der Waals surface area (Å²) < 4.78 is 29.2. The van der Waals surface area contributed by atoms with E-state index in [1.54, 1.807) is 28.4 Å². The van der Waals surface area contributed by atoms with Crippen molar-refractivity contribution in [3.05, 3.63) is 89.5 Å². The fourth-order valence-corrected chi connectivity index (χ4v) is 5.07. The molecule has 0 atom stereocenters. The summed E-state index contributed by atoms with van der Waals surface area (Å²) in [7, 11) is 6.68. The van der Waals surface area contributed by atoms with Gasteiger partial charge in [0.15, 0.2) is 0 Å². The maximum Gasteiger partial charge on any atom is 0.126 e. The average molecular weight is 457 g/mol. The minimum atomic E-state index is -0.563. The van der Waals surface area contributed by atoms with Gasteiger partial charge >= 0.3 is 0 Å². The highest BCUT2D eigenvalue weighted by Crippen LogP contribution is 2.50. The van der Waals surface area contributed by atoms with Gasteiger partial charge in [0, 0.05) is 28.8 Å². The number of rotatable bonds is 6. The van der Waals surface area contributed by atoms with Gasteiger partial charge in [-0.2, -0.15) is 0 Å². The number of hydrogen-bond acceptors (Lipinski definition) is 5. The van der Waals surface area contributed by atoms with E-state index < -0.39 is 5.41 Å². The predicted molar refractivity (Wildman–Crippen MR) is 133 cm³/mol. The largest absolute Gasteiger partial charge is 0.497 e. The number of ether oxygens (including phenoxy) is 5. The molecule has 5 heteroatoms. The minimum Gasteiger partial charge on any atom is -0.497 e. The van der Waals surface area contributed by atoms with E-state index in [9.17, 15) is 0 Å². The van der Waals surface area contributed by atoms with Crippen molar-refractivity contribution in [2.45, 2.75) is 11.8 Å². The minimum absolute atomic E-state index is 0.434. The Hall–Kier alpha value is -3.86. The smallest absolute Gasteiger partial charge is 0.126 e. The van der Waals surface area contributed by atoms with Gasteiger partial charge in [0.05, 0.1) is 33.9 Å². The lowest BCUT2D eigenvalue weighted by molar-refractivity contribution is 0.208. The SMILES string of the molecule is COc1ccc(C2(c3ccc(OC)cc3OC)COc3ccc4ccccc4c3C2)c(OC)c1. The van der Waals surface area contributed by atoms with Crippen LogP contribution in [0.5, 0.6) is 28.7 Å². The van der Waals surface area contributed by atoms with Crippen LogP contribution in [0.2, 0.25) is 0 Å². The third kappa shape index (κ3) is 3.48. The zero-order chi connectivity index (χ0) is 23.7. The van der Waals surface area contributed by atoms with Crippen molar-refractivity contribution in [3.63, 3.8) is 0 Å². The molecule has 4 aromatic carbocycles. The summed E-state index contributed by atoms with van der Waals surface area (Å²) in [6, 6.07) is 24.5. The molecule has 0 aromatic heterocycles. The van der Waals surface area contributed by atoms with Crippen LogP contribution in [0.1, 0.15) is 16.7 Å². The first-order valence-corrected chi connectivity index (χ1v) is 11.2. The molecule has 0 bridgehead atoms. The Balaban J connectivity index is 1.79. The Labute approximate surface area is 199 Å². The summed E-state index contributed by atoms with van der Waals surface area (Å²) in [6.45, 7) is 0.434. The quantitative estimate of drug-likeness (QED) is 0.367. The van der Waals surface area contributed by atoms with Crippen LogP contribution >= 0.6 is 0 Å². The highest BCUT2D eigenvalue weighted by Gasteiger charge is 2.44. The van der Waals surface area contributed by atoms with Gasteiger partial charge in [-0.15, -0.1) is 0 Å². The van der Waals surface area contributed by atoms with E-state index in [1.807, 2.05) is 24.3 Å². The second kappa shape index (κ2) is 8.82. The maximum atomic E-state index is 6.49. The first-order valence-electron chi connectivity index (χ1n) is 11.2. The Morgan fingerprint density at radius 3 is 1.88 bits per heavy atom. The van der Waals surface area contributed by atoms with E-state index in [0.29, 0.717) is 6.61 Å². The van der Waals surface area contributed by atoms with Gasteiger partial charge in [0.25, 0.3) is 0 Å². The summed E-state index contributed by atoms with van der Waals surface area (Å²) in [5.74, 6) is 3.86. The number of benzene rings is 4. The zero-order valence-electron chi connectivity index (χ0n) is 19.9. The van der Waals surface area contributed by atoms with Crippen LogP contribution in [0.4, 0.5) is 0 Å². The molecule has 1 aliphatic rings. The maximum absolute atomic E-state index is 6.49. The highest BCUT2D eigenvalue weighted by atomic mass is 16.5. The lowest BCUT2D eigenvalue weighted by Gasteiger charge is -2.40. The second-order valence-corrected chi connectivity index (χ2v) is 8.44. The van der Waals surface area contributed by atoms with Crippen LogP contribution < -0.4 is 23.7 Å². The first-order chi connectivity index (χ1) is 16.6. The molecule has 5 nitrogen and oxygen atoms in total. The van der Waals surface area contributed by atoms with E-state index >= 15 is 0 Å². The standard InChI is InChI=1S/C29H28O5/c1-30-20-10-12-24(27(15-20)32-3)29(25-13-11-21(31-2)16-28(25)33-4)17-23-22-8-6-5-7-19(22)9-14-26(23)34-18-29/h5-16H,17-18H2,1-4H3. The van der Waals surface area contributed by atoms with Crippen LogP contribution in [0.15, 0.2) is 72.8 Å². The van der Waals surface area contributed by atoms with Crippen LogP contribution in [-0.2, 0) is 11.8 Å². The second-order valence-electron chi connectivity index (χ2n) is 8.44. The van der Waals surface area contributed by atoms with Gasteiger partial charge in [0.1, 0.15) is 35.4 Å². The Morgan fingerprint density at radius 2 is 1.29 bits per heavy atom. The Kier molecular flexibility index (Phi) is 5.70. The summed E-state index contributed by atoms with van der Waals surface area (Å²) in [5, 5.41) is 2.37. The van der Waals surface area contributed by atoms with E-state index in [2.05, 4.69) is 48.5 Å². The van der Waals surface area contributed by atoms with E-state index in [1.165, 1.54) is 16.3 Å². The van der Waals surface area contributed by atoms with Crippen molar-refractivity contribution in [1.29, 1.82) is 0 Å². The summed E-state index contributed by atoms with van der Waals surface area (Å²) in [6.07, 6.45) is 0.717. The Morgan fingerprint density at radius 1 is 0.676 bits per heavy atom. The van der Waals surface area contributed by atoms with Crippen molar-refractivity contribution in [2.24, 2.45) is 0 Å². The molecule has 0 fully saturated rings. The lowest BCUT2D eigenvalue weighted by atomic mass is 9.68. The summed E-state index contributed by atoms with van der Waals surface area (Å²) in [4.78, 5) is 0. The molecule has 4 aromatic rings. The molecule has 0 spiro atoms. The average Bonchev–Trinajstić information content (AvgIpc) is 2.91. The molecule has 1 aliphatic heterocycles. The van der Waals surface area contributed by atoms with Gasteiger partial charge in [0.2, 0.25) is 0 Å². The normalized spacial score (nSPS) is 14.1. The van der Waals surface area contributed by atoms with Gasteiger partial charge < -0.3 is 23.7 Å². The number of fused-ring (bicyclic) bond motifs is 3. The third-order valence-corrected chi connectivity index (χ3v) is 6.80. The molecule has 0 saturated heterocycles. The zero-order valence-corrected chi connectivity index (χ0v) is 19.9. The Bertz CT molecular complexity index is 1290. The topological polar surface area (TPSA) is 46.2 Å². The summed E-state index contributed by atoms with van der Waals surface area (Å²) >= 11 is 0. The van der Waals surface area contributed by atoms with E-state index in [-0.39, 0.29) is 0 Å². The van der Waals surface area contributed by atoms with Crippen LogP contribution in [0.25, 0.3) is 10.8 Å². The molecule has 174 valence electrons. The molecule has 0 amide bonds. The molecule has 0 unspecified atom stereocenters. The van der Waals surface area contributed by atoms with Crippen LogP contribution in [-0.4, -0.2) is 35.0 Å². The highest BCUT2D eigenvalue weighted by molar-refractivity contribution is 5.88. The lowest BCUT2D eigenvalue weighted by Crippen LogP contribution is -2.41. The van der Waals surface area contributed by atoms with Crippen molar-refractivity contribution in [1.82, 2.24) is 0 Å². The molecule has 0 aliphatic carbocycles. The first kappa shape index (κ1) is 22.0. The molecule has 0 N–H and O–H groups in total. The van der Waals surface area contributed by atoms with Crippen molar-refractivity contribution < 1.29 is 23.7 Å². The van der Waals surface area contributed by atoms with Crippen molar-refractivity contribution in [2.75, 3.05) is 35.0 Å². The molecule has 0 saturated carbocycles. The monoisotopic (exact) mass is 456 g/mol. The molecule has 34 heavy (non-hydrogen) atoms. The molecular weight excluding hydrogens is 428 g/mol. The molecule has 1 heterocycles. The molecular formula is C29H28O5. The van der Waals surface area contributed by atoms with Crippen molar-refractivity contribution >= 4 is 10.8 Å². The molecule has 5 rings (SSSR count). The third-order valence-electron chi connectivity index (χ3n) is 6.80. The summed E-state index contributed by atoms with van der Waals surface area (Å²) in [5.41, 5.74) is 2.63. The fraction of sp³-hybridized carbons (Fsp3) is 0.241. The number of hydrogen-bond donors (Lipinski definition) is 0. The molecule has 0 radical (unpaired) electrons. The van der Waals surface area contributed by atoms with Gasteiger partial charge in [-0.3, -0.25) is 0 Å². The fourth-order valence-electron chi connectivity index (χ4n) is 5.07.